The van der Waals surface area contributed by atoms with Crippen molar-refractivity contribution in [2.45, 2.75) is 51.5 Å². The maximum Gasteiger partial charge on any atom is 0.407 e. The van der Waals surface area contributed by atoms with Crippen LogP contribution in [-0.4, -0.2) is 72.3 Å². The summed E-state index contributed by atoms with van der Waals surface area (Å²) >= 11 is 0. The van der Waals surface area contributed by atoms with E-state index in [2.05, 4.69) is 49.9 Å². The fourth-order valence-electron chi connectivity index (χ4n) is 5.03. The summed E-state index contributed by atoms with van der Waals surface area (Å²) in [6.07, 6.45) is 1.84. The van der Waals surface area contributed by atoms with Crippen LogP contribution in [-0.2, 0) is 5.41 Å². The number of likely N-dealkylation sites (tertiary alicyclic amines) is 1. The van der Waals surface area contributed by atoms with E-state index >= 15 is 0 Å². The predicted octanol–water partition coefficient (Wildman–Crippen LogP) is 4.86. The molecule has 2 aromatic rings. The van der Waals surface area contributed by atoms with Gasteiger partial charge in [0.05, 0.1) is 6.04 Å². The number of hydrogen-bond acceptors (Lipinski definition) is 4. The van der Waals surface area contributed by atoms with Gasteiger partial charge in [0.2, 0.25) is 0 Å². The van der Waals surface area contributed by atoms with E-state index in [-0.39, 0.29) is 17.4 Å². The third kappa shape index (κ3) is 5.89. The number of carboxylic acid groups (broad SMARTS) is 1. The molecule has 0 saturated carbocycles. The Balaban J connectivity index is 1.32. The van der Waals surface area contributed by atoms with E-state index in [9.17, 15) is 14.7 Å². The monoisotopic (exact) mass is 479 g/mol. The van der Waals surface area contributed by atoms with E-state index in [1.807, 2.05) is 4.90 Å². The Morgan fingerprint density at radius 2 is 1.63 bits per heavy atom. The molecule has 35 heavy (non-hydrogen) atoms. The second-order valence-electron chi connectivity index (χ2n) is 10.5. The van der Waals surface area contributed by atoms with Crippen molar-refractivity contribution < 1.29 is 19.4 Å². The molecule has 7 heteroatoms. The summed E-state index contributed by atoms with van der Waals surface area (Å²) in [5, 5.41) is 9.38. The summed E-state index contributed by atoms with van der Waals surface area (Å²) in [5.74, 6) is 0.686. The first-order valence-electron chi connectivity index (χ1n) is 12.6. The Hall–Kier alpha value is -3.22. The van der Waals surface area contributed by atoms with E-state index in [1.165, 1.54) is 16.2 Å². The minimum Gasteiger partial charge on any atom is -0.491 e. The minimum absolute atomic E-state index is 0.0321. The Morgan fingerprint density at radius 1 is 0.943 bits per heavy atom. The number of carbonyl (C=O) groups excluding carboxylic acids is 1. The molecular formula is C28H37N3O4. The number of benzene rings is 2. The number of anilines is 1. The molecule has 1 N–H and O–H groups in total. The first-order valence-corrected chi connectivity index (χ1v) is 12.6. The molecule has 2 fully saturated rings. The van der Waals surface area contributed by atoms with Crippen LogP contribution < -0.4 is 9.64 Å². The van der Waals surface area contributed by atoms with Crippen molar-refractivity contribution in [2.75, 3.05) is 44.2 Å². The van der Waals surface area contributed by atoms with Gasteiger partial charge < -0.3 is 24.5 Å². The van der Waals surface area contributed by atoms with Crippen LogP contribution in [0.4, 0.5) is 10.5 Å². The maximum atomic E-state index is 13.1. The number of amides is 2. The van der Waals surface area contributed by atoms with Crippen LogP contribution in [0.3, 0.4) is 0 Å². The summed E-state index contributed by atoms with van der Waals surface area (Å²) in [6.45, 7) is 10.6. The van der Waals surface area contributed by atoms with Crippen molar-refractivity contribution in [3.63, 3.8) is 0 Å². The summed E-state index contributed by atoms with van der Waals surface area (Å²) in [7, 11) is 0. The normalized spacial score (nSPS) is 18.9. The van der Waals surface area contributed by atoms with Crippen molar-refractivity contribution in [1.82, 2.24) is 9.80 Å². The Labute approximate surface area is 208 Å². The summed E-state index contributed by atoms with van der Waals surface area (Å²) in [6, 6.07) is 15.6. The van der Waals surface area contributed by atoms with E-state index < -0.39 is 6.09 Å². The summed E-state index contributed by atoms with van der Waals surface area (Å²) < 4.78 is 5.87. The van der Waals surface area contributed by atoms with E-state index in [1.54, 1.807) is 24.3 Å². The van der Waals surface area contributed by atoms with Crippen LogP contribution >= 0.6 is 0 Å². The number of para-hydroxylation sites is 1. The molecular weight excluding hydrogens is 442 g/mol. The lowest BCUT2D eigenvalue weighted by Crippen LogP contribution is -2.49. The molecule has 0 aliphatic carbocycles. The molecule has 2 aliphatic rings. The van der Waals surface area contributed by atoms with Gasteiger partial charge >= 0.3 is 6.09 Å². The highest BCUT2D eigenvalue weighted by atomic mass is 16.5. The Kier molecular flexibility index (Phi) is 7.53. The molecule has 2 amide bonds. The van der Waals surface area contributed by atoms with Crippen LogP contribution in [0.15, 0.2) is 48.5 Å². The zero-order chi connectivity index (χ0) is 25.0. The number of piperidine rings is 1. The van der Waals surface area contributed by atoms with E-state index in [0.717, 1.165) is 32.4 Å². The molecule has 0 radical (unpaired) electrons. The molecule has 2 aliphatic heterocycles. The molecule has 2 aromatic carbocycles. The van der Waals surface area contributed by atoms with Crippen molar-refractivity contribution in [1.29, 1.82) is 0 Å². The lowest BCUT2D eigenvalue weighted by atomic mass is 9.85. The molecule has 0 aromatic heterocycles. The fraction of sp³-hybridized carbons (Fsp3) is 0.500. The quantitative estimate of drug-likeness (QED) is 0.663. The van der Waals surface area contributed by atoms with Crippen LogP contribution in [0.2, 0.25) is 0 Å². The molecule has 2 heterocycles. The highest BCUT2D eigenvalue weighted by molar-refractivity contribution is 5.94. The Bertz CT molecular complexity index is 1020. The smallest absolute Gasteiger partial charge is 0.407 e. The van der Waals surface area contributed by atoms with E-state index in [0.29, 0.717) is 37.6 Å². The van der Waals surface area contributed by atoms with Gasteiger partial charge in [0.15, 0.2) is 0 Å². The van der Waals surface area contributed by atoms with Crippen molar-refractivity contribution in [3.05, 3.63) is 59.7 Å². The van der Waals surface area contributed by atoms with Gasteiger partial charge in [-0.3, -0.25) is 4.79 Å². The number of ether oxygens (including phenoxy) is 1. The Morgan fingerprint density at radius 3 is 2.29 bits per heavy atom. The number of rotatable bonds is 5. The highest BCUT2D eigenvalue weighted by Crippen LogP contribution is 2.32. The van der Waals surface area contributed by atoms with Crippen LogP contribution in [0.1, 0.15) is 56.0 Å². The molecule has 2 saturated heterocycles. The summed E-state index contributed by atoms with van der Waals surface area (Å²) in [5.41, 5.74) is 3.30. The number of carbonyl (C=O) groups is 2. The van der Waals surface area contributed by atoms with Gasteiger partial charge in [-0.1, -0.05) is 39.0 Å². The average Bonchev–Trinajstić information content (AvgIpc) is 2.87. The van der Waals surface area contributed by atoms with Gasteiger partial charge in [-0.05, 0) is 60.6 Å². The van der Waals surface area contributed by atoms with Gasteiger partial charge in [-0.15, -0.1) is 0 Å². The van der Waals surface area contributed by atoms with Gasteiger partial charge in [-0.25, -0.2) is 4.79 Å². The zero-order valence-corrected chi connectivity index (χ0v) is 21.1. The number of nitrogens with zero attached hydrogens (tertiary/aromatic N) is 3. The van der Waals surface area contributed by atoms with Gasteiger partial charge in [0.25, 0.3) is 5.91 Å². The predicted molar refractivity (Wildman–Crippen MR) is 138 cm³/mol. The van der Waals surface area contributed by atoms with Gasteiger partial charge in [0.1, 0.15) is 12.4 Å². The van der Waals surface area contributed by atoms with E-state index in [4.69, 9.17) is 4.74 Å². The largest absolute Gasteiger partial charge is 0.491 e. The summed E-state index contributed by atoms with van der Waals surface area (Å²) in [4.78, 5) is 30.3. The van der Waals surface area contributed by atoms with Crippen LogP contribution in [0.5, 0.6) is 5.75 Å². The SMILES string of the molecule is CC(C)(C)c1ccccc1N1CCN(C(=O)c2ccc(OCC3CCCCN3C(=O)O)cc2)CC1. The number of piperazine rings is 1. The standard InChI is InChI=1S/C28H37N3O4/c1-28(2,3)24-9-4-5-10-25(24)29-16-18-30(19-17-29)26(32)21-11-13-23(14-12-21)35-20-22-8-6-7-15-31(22)27(33)34/h4-5,9-14,22H,6-8,15-20H2,1-3H3,(H,33,34). The highest BCUT2D eigenvalue weighted by Gasteiger charge is 2.28. The second-order valence-corrected chi connectivity index (χ2v) is 10.5. The van der Waals surface area contributed by atoms with Crippen molar-refractivity contribution in [2.24, 2.45) is 0 Å². The molecule has 1 unspecified atom stereocenters. The van der Waals surface area contributed by atoms with Crippen molar-refractivity contribution in [3.8, 4) is 5.75 Å². The minimum atomic E-state index is -0.888. The second kappa shape index (κ2) is 10.6. The van der Waals surface area contributed by atoms with Crippen LogP contribution in [0.25, 0.3) is 0 Å². The number of hydrogen-bond donors (Lipinski definition) is 1. The molecule has 1 atom stereocenters. The maximum absolute atomic E-state index is 13.1. The van der Waals surface area contributed by atoms with Crippen molar-refractivity contribution >= 4 is 17.7 Å². The molecule has 0 spiro atoms. The third-order valence-electron chi connectivity index (χ3n) is 7.04. The fourth-order valence-corrected chi connectivity index (χ4v) is 5.03. The molecule has 188 valence electrons. The van der Waals surface area contributed by atoms with Gasteiger partial charge in [0, 0.05) is 44.0 Å². The molecule has 4 rings (SSSR count). The van der Waals surface area contributed by atoms with Crippen LogP contribution in [0, 0.1) is 0 Å². The average molecular weight is 480 g/mol. The van der Waals surface area contributed by atoms with Gasteiger partial charge in [-0.2, -0.15) is 0 Å². The topological polar surface area (TPSA) is 73.3 Å². The molecule has 0 bridgehead atoms. The third-order valence-corrected chi connectivity index (χ3v) is 7.04. The zero-order valence-electron chi connectivity index (χ0n) is 21.1. The molecule has 7 nitrogen and oxygen atoms in total. The first-order chi connectivity index (χ1) is 16.7. The lowest BCUT2D eigenvalue weighted by molar-refractivity contribution is 0.0745. The lowest BCUT2D eigenvalue weighted by Gasteiger charge is -2.38. The first kappa shape index (κ1) is 24.9.